The van der Waals surface area contributed by atoms with Crippen molar-refractivity contribution in [2.75, 3.05) is 0 Å². The Balaban J connectivity index is 2.70. The first kappa shape index (κ1) is 11.7. The predicted molar refractivity (Wildman–Crippen MR) is 64.0 cm³/mol. The van der Waals surface area contributed by atoms with E-state index in [9.17, 15) is 20.2 Å². The third kappa shape index (κ3) is 2.03. The molecule has 0 atom stereocenters. The van der Waals surface area contributed by atoms with Crippen molar-refractivity contribution in [1.82, 2.24) is 0 Å². The van der Waals surface area contributed by atoms with E-state index in [4.69, 9.17) is 0 Å². The molecule has 0 N–H and O–H groups in total. The first-order valence-corrected chi connectivity index (χ1v) is 5.00. The quantitative estimate of drug-likeness (QED) is 0.612. The fourth-order valence-electron chi connectivity index (χ4n) is 1.64. The Morgan fingerprint density at radius 3 is 2.17 bits per heavy atom. The molecular formula is C12H7N2O4. The van der Waals surface area contributed by atoms with Crippen LogP contribution in [0.3, 0.4) is 0 Å². The minimum atomic E-state index is -0.581. The van der Waals surface area contributed by atoms with Crippen LogP contribution in [0.25, 0.3) is 11.1 Å². The third-order valence-corrected chi connectivity index (χ3v) is 2.40. The van der Waals surface area contributed by atoms with Crippen LogP contribution in [0.4, 0.5) is 11.4 Å². The highest BCUT2D eigenvalue weighted by atomic mass is 16.6. The van der Waals surface area contributed by atoms with Gasteiger partial charge >= 0.3 is 0 Å². The molecule has 2 rings (SSSR count). The number of nitro groups is 2. The van der Waals surface area contributed by atoms with Gasteiger partial charge in [-0.05, 0) is 12.1 Å². The summed E-state index contributed by atoms with van der Waals surface area (Å²) in [5.41, 5.74) is -0.0700. The Bertz CT molecular complexity index is 569. The van der Waals surface area contributed by atoms with Gasteiger partial charge in [-0.1, -0.05) is 24.3 Å². The highest BCUT2D eigenvalue weighted by Gasteiger charge is 2.21. The van der Waals surface area contributed by atoms with Crippen LogP contribution in [0.15, 0.2) is 42.5 Å². The number of hydrogen-bond donors (Lipinski definition) is 0. The van der Waals surface area contributed by atoms with Crippen molar-refractivity contribution in [3.05, 3.63) is 68.8 Å². The average molecular weight is 243 g/mol. The summed E-state index contributed by atoms with van der Waals surface area (Å²) in [6, 6.07) is 12.8. The molecule has 6 nitrogen and oxygen atoms in total. The van der Waals surface area contributed by atoms with E-state index in [2.05, 4.69) is 6.07 Å². The van der Waals surface area contributed by atoms with Crippen LogP contribution in [0.1, 0.15) is 0 Å². The Hall–Kier alpha value is -2.76. The maximum absolute atomic E-state index is 10.9. The molecule has 89 valence electrons. The van der Waals surface area contributed by atoms with E-state index in [1.807, 2.05) is 0 Å². The van der Waals surface area contributed by atoms with E-state index in [-0.39, 0.29) is 22.5 Å². The number of para-hydroxylation sites is 1. The molecule has 0 amide bonds. The van der Waals surface area contributed by atoms with Gasteiger partial charge in [-0.15, -0.1) is 0 Å². The normalized spacial score (nSPS) is 10.0. The fourth-order valence-corrected chi connectivity index (χ4v) is 1.64. The summed E-state index contributed by atoms with van der Waals surface area (Å²) in [5, 5.41) is 21.8. The monoisotopic (exact) mass is 243 g/mol. The van der Waals surface area contributed by atoms with Gasteiger partial charge in [0.1, 0.15) is 0 Å². The molecule has 0 aromatic heterocycles. The smallest absolute Gasteiger partial charge is 0.258 e. The maximum atomic E-state index is 10.9. The molecule has 0 fully saturated rings. The lowest BCUT2D eigenvalue weighted by atomic mass is 10.0. The number of nitro benzene ring substituents is 2. The SMILES string of the molecule is O=[N+]([O-])c1ccc[c]c1-c1ccccc1[N+](=O)[O-]. The summed E-state index contributed by atoms with van der Waals surface area (Å²) in [6.07, 6.45) is 0. The molecule has 1 radical (unpaired) electrons. The average Bonchev–Trinajstić information content (AvgIpc) is 2.38. The molecule has 6 heteroatoms. The van der Waals surface area contributed by atoms with Gasteiger partial charge in [-0.25, -0.2) is 0 Å². The first-order chi connectivity index (χ1) is 8.61. The minimum absolute atomic E-state index is 0.120. The summed E-state index contributed by atoms with van der Waals surface area (Å²) >= 11 is 0. The molecule has 0 saturated heterocycles. The van der Waals surface area contributed by atoms with Gasteiger partial charge in [-0.2, -0.15) is 0 Å². The van der Waals surface area contributed by atoms with E-state index in [0.717, 1.165) is 0 Å². The molecule has 2 aromatic carbocycles. The van der Waals surface area contributed by atoms with Gasteiger partial charge in [-0.3, -0.25) is 20.2 Å². The second-order valence-electron chi connectivity index (χ2n) is 3.46. The standard InChI is InChI=1S/C12H7N2O4/c15-13(16)11-7-3-1-5-9(11)10-6-2-4-8-12(10)14(17)18/h1-5,7-8H. The van der Waals surface area contributed by atoms with Crippen molar-refractivity contribution in [2.24, 2.45) is 0 Å². The Morgan fingerprint density at radius 1 is 0.889 bits per heavy atom. The van der Waals surface area contributed by atoms with Crippen LogP contribution in [-0.4, -0.2) is 9.85 Å². The van der Waals surface area contributed by atoms with Gasteiger partial charge in [0.05, 0.1) is 21.0 Å². The van der Waals surface area contributed by atoms with E-state index >= 15 is 0 Å². The lowest BCUT2D eigenvalue weighted by Crippen LogP contribution is -1.95. The van der Waals surface area contributed by atoms with Crippen molar-refractivity contribution in [1.29, 1.82) is 0 Å². The zero-order valence-corrected chi connectivity index (χ0v) is 9.07. The summed E-state index contributed by atoms with van der Waals surface area (Å²) in [6.45, 7) is 0. The van der Waals surface area contributed by atoms with Crippen molar-refractivity contribution >= 4 is 11.4 Å². The molecule has 0 bridgehead atoms. The molecule has 0 spiro atoms. The van der Waals surface area contributed by atoms with Crippen LogP contribution >= 0.6 is 0 Å². The molecule has 18 heavy (non-hydrogen) atoms. The highest BCUT2D eigenvalue weighted by Crippen LogP contribution is 2.34. The molecule has 0 saturated carbocycles. The molecule has 0 heterocycles. The van der Waals surface area contributed by atoms with E-state index in [1.54, 1.807) is 6.07 Å². The Labute approximate surface area is 102 Å². The number of benzene rings is 2. The zero-order chi connectivity index (χ0) is 13.1. The van der Waals surface area contributed by atoms with Gasteiger partial charge in [0.15, 0.2) is 0 Å². The summed E-state index contributed by atoms with van der Waals surface area (Å²) in [7, 11) is 0. The van der Waals surface area contributed by atoms with Crippen molar-refractivity contribution < 1.29 is 9.85 Å². The molecule has 0 aliphatic heterocycles. The molecular weight excluding hydrogens is 236 g/mol. The van der Waals surface area contributed by atoms with Crippen LogP contribution in [0, 0.1) is 26.3 Å². The fraction of sp³-hybridized carbons (Fsp3) is 0. The van der Waals surface area contributed by atoms with Crippen molar-refractivity contribution in [2.45, 2.75) is 0 Å². The van der Waals surface area contributed by atoms with Gasteiger partial charge < -0.3 is 0 Å². The molecule has 0 aliphatic carbocycles. The zero-order valence-electron chi connectivity index (χ0n) is 9.07. The van der Waals surface area contributed by atoms with E-state index in [1.165, 1.54) is 36.4 Å². The lowest BCUT2D eigenvalue weighted by Gasteiger charge is -2.03. The summed E-state index contributed by atoms with van der Waals surface area (Å²) in [5.74, 6) is 0. The minimum Gasteiger partial charge on any atom is -0.258 e. The first-order valence-electron chi connectivity index (χ1n) is 5.00. The highest BCUT2D eigenvalue weighted by molar-refractivity contribution is 5.79. The summed E-state index contributed by atoms with van der Waals surface area (Å²) < 4.78 is 0. The maximum Gasteiger partial charge on any atom is 0.278 e. The summed E-state index contributed by atoms with van der Waals surface area (Å²) in [4.78, 5) is 20.6. The van der Waals surface area contributed by atoms with Crippen LogP contribution < -0.4 is 0 Å². The van der Waals surface area contributed by atoms with E-state index < -0.39 is 9.85 Å². The lowest BCUT2D eigenvalue weighted by molar-refractivity contribution is -0.386. The molecule has 0 aliphatic rings. The number of rotatable bonds is 3. The van der Waals surface area contributed by atoms with Crippen LogP contribution in [-0.2, 0) is 0 Å². The molecule has 0 unspecified atom stereocenters. The molecule has 2 aromatic rings. The van der Waals surface area contributed by atoms with Crippen molar-refractivity contribution in [3.8, 4) is 11.1 Å². The van der Waals surface area contributed by atoms with Gasteiger partial charge in [0, 0.05) is 12.1 Å². The van der Waals surface area contributed by atoms with Crippen LogP contribution in [0.2, 0.25) is 0 Å². The number of hydrogen-bond acceptors (Lipinski definition) is 4. The third-order valence-electron chi connectivity index (χ3n) is 2.40. The van der Waals surface area contributed by atoms with Crippen LogP contribution in [0.5, 0.6) is 0 Å². The predicted octanol–water partition coefficient (Wildman–Crippen LogP) is 2.97. The largest absolute Gasteiger partial charge is 0.278 e. The van der Waals surface area contributed by atoms with Gasteiger partial charge in [0.2, 0.25) is 0 Å². The van der Waals surface area contributed by atoms with Gasteiger partial charge in [0.25, 0.3) is 11.4 Å². The van der Waals surface area contributed by atoms with E-state index in [0.29, 0.717) is 0 Å². The Morgan fingerprint density at radius 2 is 1.50 bits per heavy atom. The second kappa shape index (κ2) is 4.62. The Kier molecular flexibility index (Phi) is 3.01. The number of nitrogens with zero attached hydrogens (tertiary/aromatic N) is 2. The second-order valence-corrected chi connectivity index (χ2v) is 3.46. The van der Waals surface area contributed by atoms with Crippen molar-refractivity contribution in [3.63, 3.8) is 0 Å². The topological polar surface area (TPSA) is 86.3 Å².